The topological polar surface area (TPSA) is 26.3 Å². The molecule has 0 heterocycles. The fourth-order valence-corrected chi connectivity index (χ4v) is 2.26. The molecule has 0 N–H and O–H groups in total. The number of carbonyl (C=O) groups is 1. The summed E-state index contributed by atoms with van der Waals surface area (Å²) in [7, 11) is 1.47. The van der Waals surface area contributed by atoms with Crippen LogP contribution in [0.1, 0.15) is 33.1 Å². The highest BCUT2D eigenvalue weighted by molar-refractivity contribution is 5.72. The van der Waals surface area contributed by atoms with Crippen LogP contribution in [0.4, 0.5) is 0 Å². The first-order chi connectivity index (χ1) is 6.56. The number of hydrogen-bond donors (Lipinski definition) is 0. The van der Waals surface area contributed by atoms with Crippen molar-refractivity contribution in [3.05, 3.63) is 12.2 Å². The lowest BCUT2D eigenvalue weighted by Gasteiger charge is -2.32. The molecule has 1 saturated carbocycles. The molecule has 1 fully saturated rings. The van der Waals surface area contributed by atoms with Gasteiger partial charge < -0.3 is 4.74 Å². The Morgan fingerprint density at radius 3 is 2.71 bits per heavy atom. The highest BCUT2D eigenvalue weighted by Crippen LogP contribution is 2.37. The molecule has 0 aromatic rings. The van der Waals surface area contributed by atoms with Gasteiger partial charge in [0.05, 0.1) is 13.0 Å². The van der Waals surface area contributed by atoms with Crippen molar-refractivity contribution in [1.82, 2.24) is 0 Å². The molecular weight excluding hydrogens is 176 g/mol. The van der Waals surface area contributed by atoms with Crippen LogP contribution in [0.3, 0.4) is 0 Å². The largest absolute Gasteiger partial charge is 0.469 e. The number of allylic oxidation sites excluding steroid dienone is 1. The monoisotopic (exact) mass is 196 g/mol. The van der Waals surface area contributed by atoms with E-state index in [1.807, 2.05) is 0 Å². The van der Waals surface area contributed by atoms with Gasteiger partial charge in [0.25, 0.3) is 0 Å². The van der Waals surface area contributed by atoms with Gasteiger partial charge in [0, 0.05) is 0 Å². The normalized spacial score (nSPS) is 27.9. The van der Waals surface area contributed by atoms with Gasteiger partial charge in [-0.05, 0) is 31.1 Å². The lowest BCUT2D eigenvalue weighted by Crippen LogP contribution is -2.27. The van der Waals surface area contributed by atoms with Crippen molar-refractivity contribution in [1.29, 1.82) is 0 Å². The van der Waals surface area contributed by atoms with E-state index in [0.717, 1.165) is 19.3 Å². The predicted octanol–water partition coefficient (Wildman–Crippen LogP) is 2.79. The van der Waals surface area contributed by atoms with Crippen LogP contribution in [0.5, 0.6) is 0 Å². The number of ether oxygens (including phenoxy) is 1. The van der Waals surface area contributed by atoms with Crippen LogP contribution < -0.4 is 0 Å². The van der Waals surface area contributed by atoms with Gasteiger partial charge in [-0.2, -0.15) is 0 Å². The standard InChI is InChI=1S/C12H20O2/c1-8(2)11-7-10(12(13)14-4)6-5-9(11)3/h8,10-11H,3,5-7H2,1-2,4H3. The van der Waals surface area contributed by atoms with Crippen molar-refractivity contribution in [2.45, 2.75) is 33.1 Å². The zero-order valence-electron chi connectivity index (χ0n) is 9.38. The second-order valence-electron chi connectivity index (χ2n) is 4.50. The Kier molecular flexibility index (Phi) is 3.73. The second-order valence-corrected chi connectivity index (χ2v) is 4.50. The van der Waals surface area contributed by atoms with Crippen LogP contribution in [-0.4, -0.2) is 13.1 Å². The first-order valence-electron chi connectivity index (χ1n) is 5.31. The molecule has 0 aromatic carbocycles. The quantitative estimate of drug-likeness (QED) is 0.501. The van der Waals surface area contributed by atoms with E-state index in [-0.39, 0.29) is 11.9 Å². The maximum atomic E-state index is 11.4. The Balaban J connectivity index is 2.62. The number of carbonyl (C=O) groups excluding carboxylic acids is 1. The maximum absolute atomic E-state index is 11.4. The molecular formula is C12H20O2. The molecule has 0 radical (unpaired) electrons. The average molecular weight is 196 g/mol. The van der Waals surface area contributed by atoms with Gasteiger partial charge in [-0.15, -0.1) is 0 Å². The van der Waals surface area contributed by atoms with Crippen LogP contribution in [0.25, 0.3) is 0 Å². The molecule has 2 heteroatoms. The molecule has 0 spiro atoms. The minimum atomic E-state index is -0.0526. The van der Waals surface area contributed by atoms with Crippen molar-refractivity contribution in [2.75, 3.05) is 7.11 Å². The molecule has 14 heavy (non-hydrogen) atoms. The Labute approximate surface area is 86.3 Å². The van der Waals surface area contributed by atoms with Gasteiger partial charge in [-0.1, -0.05) is 26.0 Å². The first kappa shape index (κ1) is 11.3. The smallest absolute Gasteiger partial charge is 0.308 e. The van der Waals surface area contributed by atoms with Crippen molar-refractivity contribution < 1.29 is 9.53 Å². The summed E-state index contributed by atoms with van der Waals surface area (Å²) < 4.78 is 4.78. The number of methoxy groups -OCH3 is 1. The van der Waals surface area contributed by atoms with E-state index < -0.39 is 0 Å². The van der Waals surface area contributed by atoms with Crippen molar-refractivity contribution in [2.24, 2.45) is 17.8 Å². The van der Waals surface area contributed by atoms with E-state index in [1.165, 1.54) is 12.7 Å². The maximum Gasteiger partial charge on any atom is 0.308 e. The summed E-state index contributed by atoms with van der Waals surface area (Å²) >= 11 is 0. The second kappa shape index (κ2) is 4.63. The van der Waals surface area contributed by atoms with Crippen molar-refractivity contribution in [3.63, 3.8) is 0 Å². The van der Waals surface area contributed by atoms with Crippen LogP contribution >= 0.6 is 0 Å². The lowest BCUT2D eigenvalue weighted by atomic mass is 9.73. The molecule has 2 nitrogen and oxygen atoms in total. The summed E-state index contributed by atoms with van der Waals surface area (Å²) in [4.78, 5) is 11.4. The molecule has 0 aliphatic heterocycles. The lowest BCUT2D eigenvalue weighted by molar-refractivity contribution is -0.146. The van der Waals surface area contributed by atoms with Crippen LogP contribution in [0, 0.1) is 17.8 Å². The fraction of sp³-hybridized carbons (Fsp3) is 0.750. The summed E-state index contributed by atoms with van der Waals surface area (Å²) in [6.45, 7) is 8.46. The summed E-state index contributed by atoms with van der Waals surface area (Å²) in [5, 5.41) is 0. The third kappa shape index (κ3) is 2.37. The summed E-state index contributed by atoms with van der Waals surface area (Å²) in [6, 6.07) is 0. The van der Waals surface area contributed by atoms with Crippen molar-refractivity contribution in [3.8, 4) is 0 Å². The van der Waals surface area contributed by atoms with Crippen LogP contribution in [-0.2, 0) is 9.53 Å². The Morgan fingerprint density at radius 1 is 1.57 bits per heavy atom. The highest BCUT2D eigenvalue weighted by atomic mass is 16.5. The summed E-state index contributed by atoms with van der Waals surface area (Å²) in [5.74, 6) is 1.11. The minimum Gasteiger partial charge on any atom is -0.469 e. The van der Waals surface area contributed by atoms with E-state index in [2.05, 4.69) is 20.4 Å². The Bertz CT molecular complexity index is 230. The van der Waals surface area contributed by atoms with E-state index in [4.69, 9.17) is 4.74 Å². The van der Waals surface area contributed by atoms with Gasteiger partial charge in [0.1, 0.15) is 0 Å². The van der Waals surface area contributed by atoms with Gasteiger partial charge in [-0.25, -0.2) is 0 Å². The van der Waals surface area contributed by atoms with Gasteiger partial charge >= 0.3 is 5.97 Å². The van der Waals surface area contributed by atoms with Gasteiger partial charge in [0.2, 0.25) is 0 Å². The zero-order chi connectivity index (χ0) is 10.7. The van der Waals surface area contributed by atoms with Gasteiger partial charge in [-0.3, -0.25) is 4.79 Å². The predicted molar refractivity (Wildman–Crippen MR) is 56.8 cm³/mol. The number of hydrogen-bond acceptors (Lipinski definition) is 2. The van der Waals surface area contributed by atoms with E-state index in [1.54, 1.807) is 0 Å². The third-order valence-electron chi connectivity index (χ3n) is 3.22. The zero-order valence-corrected chi connectivity index (χ0v) is 9.38. The van der Waals surface area contributed by atoms with Crippen LogP contribution in [0.2, 0.25) is 0 Å². The first-order valence-corrected chi connectivity index (χ1v) is 5.31. The average Bonchev–Trinajstić information content (AvgIpc) is 2.17. The Hall–Kier alpha value is -0.790. The van der Waals surface area contributed by atoms with E-state index in [0.29, 0.717) is 11.8 Å². The van der Waals surface area contributed by atoms with Crippen LogP contribution in [0.15, 0.2) is 12.2 Å². The molecule has 80 valence electrons. The Morgan fingerprint density at radius 2 is 2.21 bits per heavy atom. The van der Waals surface area contributed by atoms with Gasteiger partial charge in [0.15, 0.2) is 0 Å². The van der Waals surface area contributed by atoms with E-state index in [9.17, 15) is 4.79 Å². The molecule has 2 atom stereocenters. The van der Waals surface area contributed by atoms with Crippen molar-refractivity contribution >= 4 is 5.97 Å². The number of esters is 1. The van der Waals surface area contributed by atoms with E-state index >= 15 is 0 Å². The fourth-order valence-electron chi connectivity index (χ4n) is 2.26. The molecule has 0 aromatic heterocycles. The number of rotatable bonds is 2. The molecule has 0 bridgehead atoms. The minimum absolute atomic E-state index is 0.0526. The SMILES string of the molecule is C=C1CCC(C(=O)OC)CC1C(C)C. The third-order valence-corrected chi connectivity index (χ3v) is 3.22. The molecule has 0 saturated heterocycles. The highest BCUT2D eigenvalue weighted by Gasteiger charge is 2.31. The molecule has 0 amide bonds. The summed E-state index contributed by atoms with van der Waals surface area (Å²) in [5.41, 5.74) is 1.31. The molecule has 1 aliphatic rings. The summed E-state index contributed by atoms with van der Waals surface area (Å²) in [6.07, 6.45) is 2.81. The molecule has 1 aliphatic carbocycles. The molecule has 2 unspecified atom stereocenters. The molecule has 1 rings (SSSR count).